The zero-order chi connectivity index (χ0) is 27.8. The van der Waals surface area contributed by atoms with Crippen LogP contribution in [0.4, 0.5) is 16.4 Å². The predicted octanol–water partition coefficient (Wildman–Crippen LogP) is 7.82. The van der Waals surface area contributed by atoms with Crippen molar-refractivity contribution in [1.82, 2.24) is 0 Å². The summed E-state index contributed by atoms with van der Waals surface area (Å²) in [5, 5.41) is 10.2. The fourth-order valence-corrected chi connectivity index (χ4v) is 6.92. The highest BCUT2D eigenvalue weighted by Gasteiger charge is 2.27. The Morgan fingerprint density at radius 3 is 2.46 bits per heavy atom. The van der Waals surface area contributed by atoms with Crippen molar-refractivity contribution >= 4 is 68.7 Å². The Bertz CT molecular complexity index is 1320. The second-order valence-electron chi connectivity index (χ2n) is 9.56. The summed E-state index contributed by atoms with van der Waals surface area (Å²) >= 11 is 8.46. The number of carbonyl (C=O) groups is 2. The standard InChI is InChI=1S/C30H35N3O3S3/c1-4-36-29(35)26-24-12-7-5-6-8-13-25(24)39-28(26)33-27(34)20(3)38-23-11-9-10-22(18-23)32-30(37)31-21-16-14-19(2)15-17-21/h9-11,14-18,20H,4-8,12-13H2,1-3H3,(H,33,34)(H2,31,32,37). The van der Waals surface area contributed by atoms with E-state index in [1.165, 1.54) is 40.0 Å². The van der Waals surface area contributed by atoms with Crippen LogP contribution >= 0.6 is 35.3 Å². The third-order valence-corrected chi connectivity index (χ3v) is 8.98. The predicted molar refractivity (Wildman–Crippen MR) is 168 cm³/mol. The number of hydrogen-bond donors (Lipinski definition) is 3. The third-order valence-electron chi connectivity index (χ3n) is 6.47. The van der Waals surface area contributed by atoms with Gasteiger partial charge < -0.3 is 20.7 Å². The number of rotatable bonds is 8. The molecule has 39 heavy (non-hydrogen) atoms. The highest BCUT2D eigenvalue weighted by Crippen LogP contribution is 2.38. The number of carbonyl (C=O) groups excluding carboxylic acids is 2. The van der Waals surface area contributed by atoms with Crippen molar-refractivity contribution in [2.24, 2.45) is 0 Å². The minimum Gasteiger partial charge on any atom is -0.462 e. The molecule has 9 heteroatoms. The molecule has 3 aromatic rings. The largest absolute Gasteiger partial charge is 0.462 e. The van der Waals surface area contributed by atoms with Gasteiger partial charge in [0, 0.05) is 21.1 Å². The molecule has 1 heterocycles. The molecule has 3 N–H and O–H groups in total. The Kier molecular flexibility index (Phi) is 10.4. The zero-order valence-corrected chi connectivity index (χ0v) is 25.0. The van der Waals surface area contributed by atoms with E-state index in [1.54, 1.807) is 6.92 Å². The molecule has 1 aromatic heterocycles. The fourth-order valence-electron chi connectivity index (χ4n) is 4.48. The monoisotopic (exact) mass is 581 g/mol. The number of fused-ring (bicyclic) bond motifs is 1. The van der Waals surface area contributed by atoms with Crippen molar-refractivity contribution in [3.8, 4) is 0 Å². The lowest BCUT2D eigenvalue weighted by atomic mass is 9.96. The number of amides is 1. The molecule has 0 fully saturated rings. The topological polar surface area (TPSA) is 79.5 Å². The van der Waals surface area contributed by atoms with Crippen LogP contribution in [0, 0.1) is 6.92 Å². The van der Waals surface area contributed by atoms with E-state index < -0.39 is 0 Å². The SMILES string of the molecule is CCOC(=O)c1c(NC(=O)C(C)Sc2cccc(NC(=S)Nc3ccc(C)cc3)c2)sc2c1CCCCCC2. The lowest BCUT2D eigenvalue weighted by Gasteiger charge is -2.14. The summed E-state index contributed by atoms with van der Waals surface area (Å²) in [5.41, 5.74) is 4.54. The second kappa shape index (κ2) is 14.0. The molecular formula is C30H35N3O3S3. The minimum atomic E-state index is -0.377. The van der Waals surface area contributed by atoms with E-state index >= 15 is 0 Å². The fraction of sp³-hybridized carbons (Fsp3) is 0.367. The molecule has 4 rings (SSSR count). The molecule has 2 aromatic carbocycles. The number of thiophene rings is 1. The number of esters is 1. The van der Waals surface area contributed by atoms with Crippen molar-refractivity contribution in [3.05, 3.63) is 70.1 Å². The highest BCUT2D eigenvalue weighted by molar-refractivity contribution is 8.00. The maximum absolute atomic E-state index is 13.3. The van der Waals surface area contributed by atoms with E-state index in [0.29, 0.717) is 22.3 Å². The van der Waals surface area contributed by atoms with Crippen molar-refractivity contribution < 1.29 is 14.3 Å². The number of ether oxygens (including phenoxy) is 1. The molecule has 1 aliphatic rings. The molecule has 1 amide bonds. The molecule has 206 valence electrons. The summed E-state index contributed by atoms with van der Waals surface area (Å²) in [6.45, 7) is 6.02. The molecule has 1 atom stereocenters. The van der Waals surface area contributed by atoms with Gasteiger partial charge in [-0.3, -0.25) is 4.79 Å². The van der Waals surface area contributed by atoms with Gasteiger partial charge in [-0.25, -0.2) is 4.79 Å². The lowest BCUT2D eigenvalue weighted by molar-refractivity contribution is -0.115. The summed E-state index contributed by atoms with van der Waals surface area (Å²) < 4.78 is 5.38. The van der Waals surface area contributed by atoms with Gasteiger partial charge in [0.1, 0.15) is 5.00 Å². The van der Waals surface area contributed by atoms with Crippen molar-refractivity contribution in [1.29, 1.82) is 0 Å². The Balaban J connectivity index is 1.42. The average Bonchev–Trinajstić information content (AvgIpc) is 3.21. The van der Waals surface area contributed by atoms with E-state index in [0.717, 1.165) is 53.9 Å². The highest BCUT2D eigenvalue weighted by atomic mass is 32.2. The molecule has 1 unspecified atom stereocenters. The first-order valence-electron chi connectivity index (χ1n) is 13.4. The second-order valence-corrected chi connectivity index (χ2v) is 12.5. The molecule has 0 saturated heterocycles. The average molecular weight is 582 g/mol. The van der Waals surface area contributed by atoms with Crippen LogP contribution in [0.3, 0.4) is 0 Å². The maximum Gasteiger partial charge on any atom is 0.341 e. The Labute approximate surface area is 244 Å². The lowest BCUT2D eigenvalue weighted by Crippen LogP contribution is -2.23. The van der Waals surface area contributed by atoms with Crippen molar-refractivity contribution in [2.75, 3.05) is 22.6 Å². The number of nitrogens with one attached hydrogen (secondary N) is 3. The Morgan fingerprint density at radius 2 is 1.72 bits per heavy atom. The van der Waals surface area contributed by atoms with Crippen LogP contribution < -0.4 is 16.0 Å². The van der Waals surface area contributed by atoms with Gasteiger partial charge in [0.15, 0.2) is 5.11 Å². The van der Waals surface area contributed by atoms with Crippen LogP contribution in [0.15, 0.2) is 53.4 Å². The maximum atomic E-state index is 13.3. The minimum absolute atomic E-state index is 0.144. The molecule has 0 aliphatic heterocycles. The molecule has 0 saturated carbocycles. The van der Waals surface area contributed by atoms with Crippen LogP contribution in [0.1, 0.15) is 65.9 Å². The summed E-state index contributed by atoms with van der Waals surface area (Å²) in [6, 6.07) is 15.8. The number of benzene rings is 2. The third kappa shape index (κ3) is 8.06. The summed E-state index contributed by atoms with van der Waals surface area (Å²) in [7, 11) is 0. The van der Waals surface area contributed by atoms with Crippen LogP contribution in [-0.4, -0.2) is 28.8 Å². The van der Waals surface area contributed by atoms with Gasteiger partial charge in [0.25, 0.3) is 0 Å². The molecule has 1 aliphatic carbocycles. The van der Waals surface area contributed by atoms with E-state index in [2.05, 4.69) is 16.0 Å². The van der Waals surface area contributed by atoms with Gasteiger partial charge >= 0.3 is 5.97 Å². The van der Waals surface area contributed by atoms with Gasteiger partial charge in [-0.1, -0.05) is 36.6 Å². The van der Waals surface area contributed by atoms with E-state index in [1.807, 2.05) is 62.4 Å². The molecule has 6 nitrogen and oxygen atoms in total. The van der Waals surface area contributed by atoms with Gasteiger partial charge in [-0.2, -0.15) is 0 Å². The van der Waals surface area contributed by atoms with Crippen LogP contribution in [0.5, 0.6) is 0 Å². The first-order chi connectivity index (χ1) is 18.8. The van der Waals surface area contributed by atoms with Crippen LogP contribution in [0.2, 0.25) is 0 Å². The number of anilines is 3. The summed E-state index contributed by atoms with van der Waals surface area (Å²) in [4.78, 5) is 28.3. The van der Waals surface area contributed by atoms with E-state index in [-0.39, 0.29) is 17.1 Å². The van der Waals surface area contributed by atoms with E-state index in [4.69, 9.17) is 17.0 Å². The van der Waals surface area contributed by atoms with E-state index in [9.17, 15) is 9.59 Å². The van der Waals surface area contributed by atoms with Crippen LogP contribution in [0.25, 0.3) is 0 Å². The number of hydrogen-bond acceptors (Lipinski definition) is 6. The van der Waals surface area contributed by atoms with Crippen molar-refractivity contribution in [2.45, 2.75) is 69.4 Å². The molecule has 0 spiro atoms. The molecular weight excluding hydrogens is 547 g/mol. The number of thiocarbonyl (C=S) groups is 1. The van der Waals surface area contributed by atoms with Gasteiger partial charge in [-0.05, 0) is 94.6 Å². The Hall–Kier alpha value is -2.88. The molecule has 0 bridgehead atoms. The smallest absolute Gasteiger partial charge is 0.341 e. The quantitative estimate of drug-likeness (QED) is 0.142. The first kappa shape index (κ1) is 29.1. The van der Waals surface area contributed by atoms with Gasteiger partial charge in [0.2, 0.25) is 5.91 Å². The normalized spacial score (nSPS) is 13.8. The molecule has 0 radical (unpaired) electrons. The Morgan fingerprint density at radius 1 is 1.00 bits per heavy atom. The van der Waals surface area contributed by atoms with Crippen LogP contribution in [-0.2, 0) is 22.4 Å². The zero-order valence-electron chi connectivity index (χ0n) is 22.6. The van der Waals surface area contributed by atoms with Gasteiger partial charge in [0.05, 0.1) is 17.4 Å². The first-order valence-corrected chi connectivity index (χ1v) is 15.5. The van der Waals surface area contributed by atoms with Gasteiger partial charge in [-0.15, -0.1) is 23.1 Å². The van der Waals surface area contributed by atoms with Crippen molar-refractivity contribution in [3.63, 3.8) is 0 Å². The number of thioether (sulfide) groups is 1. The summed E-state index contributed by atoms with van der Waals surface area (Å²) in [5.74, 6) is -0.491. The number of aryl methyl sites for hydroxylation is 2. The summed E-state index contributed by atoms with van der Waals surface area (Å²) in [6.07, 6.45) is 6.29.